The lowest BCUT2D eigenvalue weighted by molar-refractivity contribution is -0.141. The Hall–Kier alpha value is -1.88. The predicted octanol–water partition coefficient (Wildman–Crippen LogP) is 1.53. The van der Waals surface area contributed by atoms with Crippen LogP contribution in [-0.2, 0) is 20.7 Å². The lowest BCUT2D eigenvalue weighted by Gasteiger charge is -2.25. The van der Waals surface area contributed by atoms with Crippen molar-refractivity contribution in [2.75, 3.05) is 13.2 Å². The van der Waals surface area contributed by atoms with Gasteiger partial charge in [-0.3, -0.25) is 9.59 Å². The number of hydrogen-bond acceptors (Lipinski definition) is 3. The number of aliphatic carboxylic acids is 1. The molecule has 2 rings (SSSR count). The van der Waals surface area contributed by atoms with E-state index >= 15 is 0 Å². The molecule has 0 spiro atoms. The summed E-state index contributed by atoms with van der Waals surface area (Å²) in [6.45, 7) is 2.50. The number of nitrogens with one attached hydrogen (secondary N) is 1. The Bertz CT molecular complexity index is 500. The lowest BCUT2D eigenvalue weighted by atomic mass is 9.97. The molecule has 2 unspecified atom stereocenters. The largest absolute Gasteiger partial charge is 0.481 e. The van der Waals surface area contributed by atoms with Crippen molar-refractivity contribution in [1.29, 1.82) is 0 Å². The van der Waals surface area contributed by atoms with E-state index in [0.29, 0.717) is 19.6 Å². The number of carbonyl (C=O) groups is 2. The molecule has 0 radical (unpaired) electrons. The molecule has 1 aromatic carbocycles. The second-order valence-electron chi connectivity index (χ2n) is 5.02. The van der Waals surface area contributed by atoms with Gasteiger partial charge in [-0.2, -0.15) is 0 Å². The number of benzene rings is 1. The lowest BCUT2D eigenvalue weighted by Crippen LogP contribution is -2.35. The molecule has 108 valence electrons. The number of carboxylic acid groups (broad SMARTS) is 1. The molecule has 0 aromatic heterocycles. The quantitative estimate of drug-likeness (QED) is 0.855. The maximum atomic E-state index is 12.1. The number of amides is 1. The van der Waals surface area contributed by atoms with Crippen LogP contribution in [0.4, 0.5) is 0 Å². The first-order chi connectivity index (χ1) is 9.59. The Kier molecular flexibility index (Phi) is 4.74. The number of hydrogen-bond donors (Lipinski definition) is 2. The minimum absolute atomic E-state index is 0.199. The van der Waals surface area contributed by atoms with E-state index in [4.69, 9.17) is 9.84 Å². The minimum atomic E-state index is -0.849. The van der Waals surface area contributed by atoms with Crippen molar-refractivity contribution in [1.82, 2.24) is 5.32 Å². The average molecular weight is 277 g/mol. The smallest absolute Gasteiger partial charge is 0.306 e. The van der Waals surface area contributed by atoms with E-state index in [2.05, 4.69) is 5.32 Å². The fourth-order valence-corrected chi connectivity index (χ4v) is 2.24. The van der Waals surface area contributed by atoms with Crippen LogP contribution in [-0.4, -0.2) is 30.1 Å². The predicted molar refractivity (Wildman–Crippen MR) is 73.3 cm³/mol. The molecule has 1 heterocycles. The maximum Gasteiger partial charge on any atom is 0.306 e. The van der Waals surface area contributed by atoms with Crippen molar-refractivity contribution in [3.05, 3.63) is 35.4 Å². The van der Waals surface area contributed by atoms with Gasteiger partial charge in [-0.15, -0.1) is 0 Å². The standard InChI is InChI=1S/C15H19NO4/c1-10(15(18)19)6-8-16-14(17)13-12-5-3-2-4-11(12)7-9-20-13/h2-5,10,13H,6-9H2,1H3,(H,16,17)(H,18,19). The third-order valence-corrected chi connectivity index (χ3v) is 3.53. The van der Waals surface area contributed by atoms with Crippen molar-refractivity contribution in [2.45, 2.75) is 25.9 Å². The van der Waals surface area contributed by atoms with Crippen molar-refractivity contribution < 1.29 is 19.4 Å². The molecule has 0 bridgehead atoms. The van der Waals surface area contributed by atoms with Gasteiger partial charge in [0.05, 0.1) is 12.5 Å². The van der Waals surface area contributed by atoms with Crippen molar-refractivity contribution in [3.63, 3.8) is 0 Å². The van der Waals surface area contributed by atoms with Gasteiger partial charge in [0.2, 0.25) is 0 Å². The Labute approximate surface area is 117 Å². The zero-order valence-electron chi connectivity index (χ0n) is 11.5. The van der Waals surface area contributed by atoms with Crippen LogP contribution in [0.1, 0.15) is 30.6 Å². The van der Waals surface area contributed by atoms with Gasteiger partial charge in [0, 0.05) is 6.54 Å². The van der Waals surface area contributed by atoms with Crippen LogP contribution in [0.5, 0.6) is 0 Å². The summed E-state index contributed by atoms with van der Waals surface area (Å²) in [6, 6.07) is 7.75. The van der Waals surface area contributed by atoms with Crippen molar-refractivity contribution in [2.24, 2.45) is 5.92 Å². The van der Waals surface area contributed by atoms with Gasteiger partial charge in [-0.1, -0.05) is 31.2 Å². The molecule has 1 aliphatic heterocycles. The highest BCUT2D eigenvalue weighted by Crippen LogP contribution is 2.26. The Balaban J connectivity index is 1.92. The summed E-state index contributed by atoms with van der Waals surface area (Å²) in [5.74, 6) is -1.51. The third-order valence-electron chi connectivity index (χ3n) is 3.53. The first-order valence-electron chi connectivity index (χ1n) is 6.79. The monoisotopic (exact) mass is 277 g/mol. The van der Waals surface area contributed by atoms with E-state index in [1.54, 1.807) is 6.92 Å². The molecule has 1 aromatic rings. The molecule has 0 saturated carbocycles. The molecule has 0 aliphatic carbocycles. The van der Waals surface area contributed by atoms with Gasteiger partial charge in [-0.05, 0) is 24.0 Å². The van der Waals surface area contributed by atoms with E-state index in [9.17, 15) is 9.59 Å². The molecule has 2 atom stereocenters. The molecule has 5 heteroatoms. The second-order valence-corrected chi connectivity index (χ2v) is 5.02. The van der Waals surface area contributed by atoms with Gasteiger partial charge in [0.15, 0.2) is 6.10 Å². The van der Waals surface area contributed by atoms with E-state index in [1.807, 2.05) is 24.3 Å². The Morgan fingerprint density at radius 2 is 2.20 bits per heavy atom. The Morgan fingerprint density at radius 3 is 2.95 bits per heavy atom. The summed E-state index contributed by atoms with van der Waals surface area (Å²) >= 11 is 0. The summed E-state index contributed by atoms with van der Waals surface area (Å²) in [5.41, 5.74) is 2.04. The number of carbonyl (C=O) groups excluding carboxylic acids is 1. The molecule has 1 aliphatic rings. The molecular formula is C15H19NO4. The molecule has 2 N–H and O–H groups in total. The summed E-state index contributed by atoms with van der Waals surface area (Å²) in [7, 11) is 0. The SMILES string of the molecule is CC(CCNC(=O)C1OCCc2ccccc21)C(=O)O. The molecule has 0 fully saturated rings. The first-order valence-corrected chi connectivity index (χ1v) is 6.79. The van der Waals surface area contributed by atoms with Gasteiger partial charge in [-0.25, -0.2) is 0 Å². The summed E-state index contributed by atoms with van der Waals surface area (Å²) in [6.07, 6.45) is 0.644. The third kappa shape index (κ3) is 3.36. The normalized spacial score (nSPS) is 18.9. The summed E-state index contributed by atoms with van der Waals surface area (Å²) in [5, 5.41) is 11.5. The number of ether oxygens (including phenoxy) is 1. The molecule has 20 heavy (non-hydrogen) atoms. The average Bonchev–Trinajstić information content (AvgIpc) is 2.46. The molecule has 1 amide bonds. The van der Waals surface area contributed by atoms with Gasteiger partial charge < -0.3 is 15.2 Å². The zero-order chi connectivity index (χ0) is 14.5. The van der Waals surface area contributed by atoms with Crippen molar-refractivity contribution >= 4 is 11.9 Å². The van der Waals surface area contributed by atoms with E-state index in [1.165, 1.54) is 0 Å². The van der Waals surface area contributed by atoms with Crippen LogP contribution in [0.2, 0.25) is 0 Å². The highest BCUT2D eigenvalue weighted by atomic mass is 16.5. The fourth-order valence-electron chi connectivity index (χ4n) is 2.24. The topological polar surface area (TPSA) is 75.6 Å². The number of rotatable bonds is 5. The van der Waals surface area contributed by atoms with Gasteiger partial charge in [0.25, 0.3) is 5.91 Å². The zero-order valence-corrected chi connectivity index (χ0v) is 11.5. The van der Waals surface area contributed by atoms with Crippen LogP contribution < -0.4 is 5.32 Å². The molecule has 0 saturated heterocycles. The number of carboxylic acids is 1. The van der Waals surface area contributed by atoms with Crippen LogP contribution >= 0.6 is 0 Å². The highest BCUT2D eigenvalue weighted by Gasteiger charge is 2.26. The van der Waals surface area contributed by atoms with E-state index in [0.717, 1.165) is 17.5 Å². The van der Waals surface area contributed by atoms with Crippen LogP contribution in [0, 0.1) is 5.92 Å². The van der Waals surface area contributed by atoms with Crippen LogP contribution in [0.25, 0.3) is 0 Å². The van der Waals surface area contributed by atoms with E-state index < -0.39 is 18.0 Å². The minimum Gasteiger partial charge on any atom is -0.481 e. The van der Waals surface area contributed by atoms with E-state index in [-0.39, 0.29) is 5.91 Å². The highest BCUT2D eigenvalue weighted by molar-refractivity contribution is 5.83. The Morgan fingerprint density at radius 1 is 1.45 bits per heavy atom. The van der Waals surface area contributed by atoms with Crippen LogP contribution in [0.3, 0.4) is 0 Å². The molecular weight excluding hydrogens is 258 g/mol. The maximum absolute atomic E-state index is 12.1. The first kappa shape index (κ1) is 14.5. The van der Waals surface area contributed by atoms with Gasteiger partial charge >= 0.3 is 5.97 Å². The summed E-state index contributed by atoms with van der Waals surface area (Å²) < 4.78 is 5.54. The number of fused-ring (bicyclic) bond motifs is 1. The fraction of sp³-hybridized carbons (Fsp3) is 0.467. The van der Waals surface area contributed by atoms with Crippen molar-refractivity contribution in [3.8, 4) is 0 Å². The van der Waals surface area contributed by atoms with Crippen LogP contribution in [0.15, 0.2) is 24.3 Å². The summed E-state index contributed by atoms with van der Waals surface area (Å²) in [4.78, 5) is 22.8. The second kappa shape index (κ2) is 6.52. The molecule has 5 nitrogen and oxygen atoms in total. The van der Waals surface area contributed by atoms with Gasteiger partial charge in [0.1, 0.15) is 0 Å².